The second-order valence-electron chi connectivity index (χ2n) is 1.37. The first-order valence-corrected chi connectivity index (χ1v) is 2.42. The first-order valence-electron chi connectivity index (χ1n) is 2.42. The van der Waals surface area contributed by atoms with Crippen molar-refractivity contribution in [2.45, 2.75) is 6.92 Å². The van der Waals surface area contributed by atoms with Crippen LogP contribution in [0.15, 0.2) is 18.5 Å². The SMILES string of the molecule is C/C=C\n1ccnn1. The van der Waals surface area contributed by atoms with Crippen LogP contribution in [0.4, 0.5) is 0 Å². The van der Waals surface area contributed by atoms with Gasteiger partial charge in [-0.05, 0) is 6.92 Å². The van der Waals surface area contributed by atoms with Gasteiger partial charge in [-0.15, -0.1) is 5.10 Å². The molecule has 0 unspecified atom stereocenters. The molecule has 0 aromatic carbocycles. The Labute approximate surface area is 47.6 Å². The highest BCUT2D eigenvalue weighted by Gasteiger charge is 1.76. The third kappa shape index (κ3) is 0.932. The molecule has 0 aliphatic carbocycles. The van der Waals surface area contributed by atoms with E-state index in [2.05, 4.69) is 10.3 Å². The average molecular weight is 109 g/mol. The highest BCUT2D eigenvalue weighted by atomic mass is 15.4. The van der Waals surface area contributed by atoms with Gasteiger partial charge in [-0.3, -0.25) is 0 Å². The maximum absolute atomic E-state index is 3.69. The molecule has 0 amide bonds. The Balaban J connectivity index is 2.77. The summed E-state index contributed by atoms with van der Waals surface area (Å²) >= 11 is 0. The molecule has 0 atom stereocenters. The lowest BCUT2D eigenvalue weighted by Gasteiger charge is -1.81. The minimum Gasteiger partial charge on any atom is -0.228 e. The summed E-state index contributed by atoms with van der Waals surface area (Å²) in [6.07, 6.45) is 7.14. The molecule has 0 aliphatic rings. The highest BCUT2D eigenvalue weighted by Crippen LogP contribution is 1.79. The van der Waals surface area contributed by atoms with Crippen LogP contribution in [0.2, 0.25) is 0 Å². The van der Waals surface area contributed by atoms with E-state index in [4.69, 9.17) is 0 Å². The number of rotatable bonds is 1. The van der Waals surface area contributed by atoms with Gasteiger partial charge in [-0.1, -0.05) is 11.3 Å². The number of allylic oxidation sites excluding steroid dienone is 1. The summed E-state index contributed by atoms with van der Waals surface area (Å²) in [6, 6.07) is 0. The smallest absolute Gasteiger partial charge is 0.0697 e. The van der Waals surface area contributed by atoms with Crippen LogP contribution in [0.1, 0.15) is 6.92 Å². The minimum atomic E-state index is 1.64. The van der Waals surface area contributed by atoms with E-state index in [-0.39, 0.29) is 0 Å². The Morgan fingerprint density at radius 1 is 1.62 bits per heavy atom. The molecule has 42 valence electrons. The molecule has 1 aromatic rings. The predicted molar refractivity (Wildman–Crippen MR) is 31.0 cm³/mol. The summed E-state index contributed by atoms with van der Waals surface area (Å²) in [5.41, 5.74) is 0. The lowest BCUT2D eigenvalue weighted by atomic mass is 10.7. The number of aromatic nitrogens is 3. The van der Waals surface area contributed by atoms with E-state index in [9.17, 15) is 0 Å². The fraction of sp³-hybridized carbons (Fsp3) is 0.200. The maximum atomic E-state index is 3.69. The van der Waals surface area contributed by atoms with Gasteiger partial charge in [0, 0.05) is 6.20 Å². The zero-order valence-corrected chi connectivity index (χ0v) is 4.65. The second-order valence-corrected chi connectivity index (χ2v) is 1.37. The Kier molecular flexibility index (Phi) is 1.42. The predicted octanol–water partition coefficient (Wildman–Crippen LogP) is 0.769. The fourth-order valence-corrected chi connectivity index (χ4v) is 0.450. The van der Waals surface area contributed by atoms with Gasteiger partial charge in [0.1, 0.15) is 0 Å². The Bertz CT molecular complexity index is 164. The zero-order valence-electron chi connectivity index (χ0n) is 4.65. The standard InChI is InChI=1S/C5H7N3/c1-2-4-8-5-3-6-7-8/h2-5H,1H3/b4-2-. The van der Waals surface area contributed by atoms with Crippen LogP contribution < -0.4 is 0 Å². The van der Waals surface area contributed by atoms with Crippen molar-refractivity contribution >= 4 is 6.20 Å². The van der Waals surface area contributed by atoms with E-state index in [1.165, 1.54) is 0 Å². The van der Waals surface area contributed by atoms with E-state index in [0.29, 0.717) is 0 Å². The van der Waals surface area contributed by atoms with Crippen molar-refractivity contribution in [2.24, 2.45) is 0 Å². The molecule has 0 aliphatic heterocycles. The van der Waals surface area contributed by atoms with Crippen molar-refractivity contribution in [3.05, 3.63) is 18.5 Å². The van der Waals surface area contributed by atoms with Gasteiger partial charge >= 0.3 is 0 Å². The molecule has 1 heterocycles. The fourth-order valence-electron chi connectivity index (χ4n) is 0.450. The molecule has 3 heteroatoms. The molecule has 0 spiro atoms. The first-order chi connectivity index (χ1) is 3.93. The summed E-state index contributed by atoms with van der Waals surface area (Å²) < 4.78 is 1.64. The van der Waals surface area contributed by atoms with Gasteiger partial charge in [0.25, 0.3) is 0 Å². The van der Waals surface area contributed by atoms with E-state index >= 15 is 0 Å². The van der Waals surface area contributed by atoms with E-state index < -0.39 is 0 Å². The number of hydrogen-bond acceptors (Lipinski definition) is 2. The maximum Gasteiger partial charge on any atom is 0.0697 e. The lowest BCUT2D eigenvalue weighted by molar-refractivity contribution is 0.840. The second kappa shape index (κ2) is 2.26. The van der Waals surface area contributed by atoms with Crippen LogP contribution in [0.3, 0.4) is 0 Å². The molecule has 0 fully saturated rings. The molecule has 1 rings (SSSR count). The van der Waals surface area contributed by atoms with Crippen molar-refractivity contribution in [2.75, 3.05) is 0 Å². The number of nitrogens with zero attached hydrogens (tertiary/aromatic N) is 3. The van der Waals surface area contributed by atoms with Gasteiger partial charge < -0.3 is 0 Å². The molecular weight excluding hydrogens is 102 g/mol. The van der Waals surface area contributed by atoms with Crippen molar-refractivity contribution in [1.29, 1.82) is 0 Å². The van der Waals surface area contributed by atoms with Gasteiger partial charge in [-0.25, -0.2) is 4.68 Å². The molecule has 0 saturated carbocycles. The van der Waals surface area contributed by atoms with Crippen molar-refractivity contribution in [3.8, 4) is 0 Å². The average Bonchev–Trinajstić information content (AvgIpc) is 2.19. The monoisotopic (exact) mass is 109 g/mol. The van der Waals surface area contributed by atoms with Gasteiger partial charge in [0.2, 0.25) is 0 Å². The van der Waals surface area contributed by atoms with Crippen LogP contribution in [0.25, 0.3) is 6.20 Å². The summed E-state index contributed by atoms with van der Waals surface area (Å²) in [5, 5.41) is 7.29. The van der Waals surface area contributed by atoms with Crippen molar-refractivity contribution in [3.63, 3.8) is 0 Å². The third-order valence-corrected chi connectivity index (χ3v) is 0.743. The topological polar surface area (TPSA) is 30.7 Å². The molecule has 0 saturated heterocycles. The largest absolute Gasteiger partial charge is 0.228 e. The Morgan fingerprint density at radius 2 is 2.50 bits per heavy atom. The normalized spacial score (nSPS) is 10.6. The molecule has 8 heavy (non-hydrogen) atoms. The summed E-state index contributed by atoms with van der Waals surface area (Å²) in [7, 11) is 0. The molecule has 3 nitrogen and oxygen atoms in total. The molecule has 1 aromatic heterocycles. The Hall–Kier alpha value is -1.12. The molecule has 0 N–H and O–H groups in total. The summed E-state index contributed by atoms with van der Waals surface area (Å²) in [6.45, 7) is 1.93. The van der Waals surface area contributed by atoms with E-state index in [1.54, 1.807) is 17.1 Å². The van der Waals surface area contributed by atoms with Crippen molar-refractivity contribution < 1.29 is 0 Å². The lowest BCUT2D eigenvalue weighted by Crippen LogP contribution is -1.84. The summed E-state index contributed by atoms with van der Waals surface area (Å²) in [5.74, 6) is 0. The quantitative estimate of drug-likeness (QED) is 0.533. The molecular formula is C5H7N3. The van der Waals surface area contributed by atoms with Crippen LogP contribution in [0, 0.1) is 0 Å². The minimum absolute atomic E-state index is 1.64. The highest BCUT2D eigenvalue weighted by molar-refractivity contribution is 5.16. The van der Waals surface area contributed by atoms with Crippen LogP contribution in [-0.2, 0) is 0 Å². The van der Waals surface area contributed by atoms with Gasteiger partial charge in [0.05, 0.1) is 12.4 Å². The van der Waals surface area contributed by atoms with Crippen LogP contribution in [-0.4, -0.2) is 15.0 Å². The van der Waals surface area contributed by atoms with E-state index in [1.807, 2.05) is 19.2 Å². The first kappa shape index (κ1) is 5.03. The summed E-state index contributed by atoms with van der Waals surface area (Å²) in [4.78, 5) is 0. The zero-order chi connectivity index (χ0) is 5.82. The Morgan fingerprint density at radius 3 is 3.00 bits per heavy atom. The van der Waals surface area contributed by atoms with Crippen molar-refractivity contribution in [1.82, 2.24) is 15.0 Å². The van der Waals surface area contributed by atoms with Crippen LogP contribution >= 0.6 is 0 Å². The van der Waals surface area contributed by atoms with Gasteiger partial charge in [0.15, 0.2) is 0 Å². The third-order valence-electron chi connectivity index (χ3n) is 0.743. The molecule has 0 radical (unpaired) electrons. The number of hydrogen-bond donors (Lipinski definition) is 0. The van der Waals surface area contributed by atoms with Gasteiger partial charge in [-0.2, -0.15) is 0 Å². The van der Waals surface area contributed by atoms with E-state index in [0.717, 1.165) is 0 Å². The molecule has 0 bridgehead atoms. The van der Waals surface area contributed by atoms with Crippen LogP contribution in [0.5, 0.6) is 0 Å².